The van der Waals surface area contributed by atoms with E-state index in [2.05, 4.69) is 65.4 Å². The molecule has 0 amide bonds. The van der Waals surface area contributed by atoms with Crippen LogP contribution < -0.4 is 4.74 Å². The average Bonchev–Trinajstić information content (AvgIpc) is 4.06. The molecule has 0 radical (unpaired) electrons. The fourth-order valence-electron chi connectivity index (χ4n) is 8.84. The number of hydrogen-bond donors (Lipinski definition) is 0. The summed E-state index contributed by atoms with van der Waals surface area (Å²) in [6, 6.07) is 46.8. The van der Waals surface area contributed by atoms with Crippen LogP contribution in [0.1, 0.15) is 84.1 Å². The number of para-hydroxylation sites is 1. The van der Waals surface area contributed by atoms with Gasteiger partial charge in [-0.05, 0) is 108 Å². The molecular weight excluding hydrogens is 807 g/mol. The zero-order valence-corrected chi connectivity index (χ0v) is 36.0. The van der Waals surface area contributed by atoms with Gasteiger partial charge in [0.2, 0.25) is 12.1 Å². The SMILES string of the molecule is CCOc1nc2cccc(C(=O)OC(C)OC(=O)OC3CCCCC3)c2n1Cc1ccc(-n2cc(C)cc2-c2nnnn2C(c2ccccc2)(c2ccccc2)c2ccccc2)cc1. The molecular formula is C51H49N7O6. The van der Waals surface area contributed by atoms with E-state index in [1.165, 1.54) is 6.92 Å². The first-order valence-electron chi connectivity index (χ1n) is 21.8. The van der Waals surface area contributed by atoms with Gasteiger partial charge in [0, 0.05) is 18.8 Å². The highest BCUT2D eigenvalue weighted by atomic mass is 16.8. The first-order valence-corrected chi connectivity index (χ1v) is 21.8. The number of aromatic nitrogens is 7. The van der Waals surface area contributed by atoms with Crippen molar-refractivity contribution in [2.24, 2.45) is 0 Å². The van der Waals surface area contributed by atoms with Gasteiger partial charge in [0.25, 0.3) is 6.01 Å². The fraction of sp³-hybridized carbons (Fsp3) is 0.255. The molecule has 9 rings (SSSR count). The molecule has 1 saturated carbocycles. The highest BCUT2D eigenvalue weighted by Crippen LogP contribution is 2.42. The van der Waals surface area contributed by atoms with Gasteiger partial charge in [0.15, 0.2) is 0 Å². The first-order chi connectivity index (χ1) is 31.3. The van der Waals surface area contributed by atoms with E-state index in [1.807, 2.05) is 101 Å². The molecule has 0 saturated heterocycles. The number of hydrogen-bond acceptors (Lipinski definition) is 10. The molecule has 1 unspecified atom stereocenters. The molecule has 1 aliphatic carbocycles. The van der Waals surface area contributed by atoms with Crippen molar-refractivity contribution in [3.63, 3.8) is 0 Å². The van der Waals surface area contributed by atoms with Gasteiger partial charge in [-0.25, -0.2) is 14.3 Å². The second-order valence-corrected chi connectivity index (χ2v) is 16.0. The average molecular weight is 856 g/mol. The van der Waals surface area contributed by atoms with Crippen molar-refractivity contribution < 1.29 is 28.5 Å². The monoisotopic (exact) mass is 855 g/mol. The van der Waals surface area contributed by atoms with Crippen LogP contribution in [0, 0.1) is 6.92 Å². The number of esters is 1. The predicted molar refractivity (Wildman–Crippen MR) is 241 cm³/mol. The van der Waals surface area contributed by atoms with Crippen LogP contribution in [-0.2, 0) is 26.3 Å². The van der Waals surface area contributed by atoms with E-state index in [-0.39, 0.29) is 11.7 Å². The molecule has 3 heterocycles. The van der Waals surface area contributed by atoms with E-state index in [0.29, 0.717) is 36.0 Å². The lowest BCUT2D eigenvalue weighted by Crippen LogP contribution is -2.39. The minimum Gasteiger partial charge on any atom is -0.465 e. The number of carbonyl (C=O) groups excluding carboxylic acids is 2. The molecule has 3 aromatic heterocycles. The number of benzene rings is 5. The summed E-state index contributed by atoms with van der Waals surface area (Å²) in [7, 11) is 0. The molecule has 0 spiro atoms. The standard InChI is InChI=1S/C51H49N7O6/c1-4-61-49-52-44-27-17-26-43(48(59)62-36(3)63-50(60)64-42-24-15-8-16-25-42)46(44)57(49)34-37-28-30-41(31-29-37)56-33-35(2)32-45(56)47-53-54-55-58(47)51(38-18-9-5-10-19-38,39-20-11-6-12-21-39)40-22-13-7-14-23-40/h5-7,9-14,17-23,26-33,36,42H,4,8,15-16,24-25,34H2,1-3H3. The maximum Gasteiger partial charge on any atom is 0.511 e. The Labute approximate surface area is 371 Å². The van der Waals surface area contributed by atoms with Crippen LogP contribution in [0.25, 0.3) is 28.2 Å². The number of imidazole rings is 1. The number of tetrazole rings is 1. The zero-order valence-electron chi connectivity index (χ0n) is 36.0. The maximum absolute atomic E-state index is 13.7. The minimum atomic E-state index is -1.17. The van der Waals surface area contributed by atoms with E-state index >= 15 is 0 Å². The van der Waals surface area contributed by atoms with Crippen molar-refractivity contribution in [2.45, 2.75) is 77.4 Å². The van der Waals surface area contributed by atoms with Crippen LogP contribution in [0.2, 0.25) is 0 Å². The number of ether oxygens (including phenoxy) is 4. The van der Waals surface area contributed by atoms with Gasteiger partial charge in [-0.3, -0.25) is 4.57 Å². The molecule has 1 aliphatic rings. The Hall–Kier alpha value is -7.54. The Morgan fingerprint density at radius 2 is 1.42 bits per heavy atom. The number of aryl methyl sites for hydroxylation is 1. The molecule has 1 fully saturated rings. The van der Waals surface area contributed by atoms with Crippen molar-refractivity contribution in [1.29, 1.82) is 0 Å². The third-order valence-electron chi connectivity index (χ3n) is 11.7. The predicted octanol–water partition coefficient (Wildman–Crippen LogP) is 10.1. The van der Waals surface area contributed by atoms with Gasteiger partial charge in [-0.1, -0.05) is 116 Å². The van der Waals surface area contributed by atoms with Gasteiger partial charge in [-0.15, -0.1) is 5.10 Å². The van der Waals surface area contributed by atoms with Gasteiger partial charge < -0.3 is 23.5 Å². The van der Waals surface area contributed by atoms with Crippen LogP contribution in [0.4, 0.5) is 4.79 Å². The number of carbonyl (C=O) groups is 2. The van der Waals surface area contributed by atoms with Crippen LogP contribution in [-0.4, -0.2) is 65.5 Å². The Morgan fingerprint density at radius 1 is 0.781 bits per heavy atom. The lowest BCUT2D eigenvalue weighted by Gasteiger charge is -2.36. The molecule has 8 aromatic rings. The van der Waals surface area contributed by atoms with Crippen LogP contribution in [0.15, 0.2) is 146 Å². The molecule has 5 aromatic carbocycles. The lowest BCUT2D eigenvalue weighted by molar-refractivity contribution is -0.0914. The van der Waals surface area contributed by atoms with Crippen molar-refractivity contribution in [1.82, 2.24) is 34.3 Å². The first kappa shape index (κ1) is 41.8. The van der Waals surface area contributed by atoms with Gasteiger partial charge in [-0.2, -0.15) is 4.98 Å². The fourth-order valence-corrected chi connectivity index (χ4v) is 8.84. The van der Waals surface area contributed by atoms with Crippen LogP contribution in [0.3, 0.4) is 0 Å². The summed E-state index contributed by atoms with van der Waals surface area (Å²) in [5.41, 5.74) is 7.12. The maximum atomic E-state index is 13.7. The molecule has 0 bridgehead atoms. The molecule has 13 heteroatoms. The van der Waals surface area contributed by atoms with Crippen molar-refractivity contribution in [3.05, 3.63) is 179 Å². The lowest BCUT2D eigenvalue weighted by atomic mass is 9.77. The van der Waals surface area contributed by atoms with E-state index in [0.717, 1.165) is 71.3 Å². The summed E-state index contributed by atoms with van der Waals surface area (Å²) < 4.78 is 28.3. The quantitative estimate of drug-likeness (QED) is 0.0590. The smallest absolute Gasteiger partial charge is 0.465 e. The summed E-state index contributed by atoms with van der Waals surface area (Å²) in [6.45, 7) is 6.13. The van der Waals surface area contributed by atoms with E-state index in [1.54, 1.807) is 12.1 Å². The van der Waals surface area contributed by atoms with Crippen LogP contribution >= 0.6 is 0 Å². The topological polar surface area (TPSA) is 137 Å². The van der Waals surface area contributed by atoms with E-state index in [9.17, 15) is 9.59 Å². The van der Waals surface area contributed by atoms with Crippen LogP contribution in [0.5, 0.6) is 6.01 Å². The summed E-state index contributed by atoms with van der Waals surface area (Å²) in [6.07, 6.45) is 4.61. The molecule has 64 heavy (non-hydrogen) atoms. The van der Waals surface area contributed by atoms with E-state index in [4.69, 9.17) is 34.2 Å². The summed E-state index contributed by atoms with van der Waals surface area (Å²) >= 11 is 0. The van der Waals surface area contributed by atoms with Gasteiger partial charge >= 0.3 is 12.1 Å². The number of fused-ring (bicyclic) bond motifs is 1. The molecule has 324 valence electrons. The van der Waals surface area contributed by atoms with Crippen molar-refractivity contribution in [3.8, 4) is 23.2 Å². The van der Waals surface area contributed by atoms with Crippen molar-refractivity contribution in [2.75, 3.05) is 6.61 Å². The Morgan fingerprint density at radius 3 is 2.05 bits per heavy atom. The zero-order chi connectivity index (χ0) is 44.0. The largest absolute Gasteiger partial charge is 0.511 e. The third-order valence-corrected chi connectivity index (χ3v) is 11.7. The Kier molecular flexibility index (Phi) is 12.0. The highest BCUT2D eigenvalue weighted by molar-refractivity contribution is 6.02. The summed E-state index contributed by atoms with van der Waals surface area (Å²) in [5, 5.41) is 13.8. The summed E-state index contributed by atoms with van der Waals surface area (Å²) in [4.78, 5) is 31.0. The Balaban J connectivity index is 1.03. The van der Waals surface area contributed by atoms with Gasteiger partial charge in [0.1, 0.15) is 11.6 Å². The second-order valence-electron chi connectivity index (χ2n) is 16.0. The number of nitrogens with zero attached hydrogens (tertiary/aromatic N) is 7. The number of rotatable bonds is 14. The molecule has 0 aliphatic heterocycles. The van der Waals surface area contributed by atoms with E-state index < -0.39 is 24.0 Å². The second kappa shape index (κ2) is 18.4. The highest BCUT2D eigenvalue weighted by Gasteiger charge is 2.42. The normalized spacial score (nSPS) is 13.7. The molecule has 1 atom stereocenters. The van der Waals surface area contributed by atoms with Crippen molar-refractivity contribution >= 4 is 23.2 Å². The molecule has 13 nitrogen and oxygen atoms in total. The third kappa shape index (κ3) is 8.24. The Bertz CT molecular complexity index is 2750. The van der Waals surface area contributed by atoms with Gasteiger partial charge in [0.05, 0.1) is 35.4 Å². The molecule has 0 N–H and O–H groups in total. The summed E-state index contributed by atoms with van der Waals surface area (Å²) in [5.74, 6) is -0.0861. The minimum absolute atomic E-state index is 0.184.